The molecule has 30 heavy (non-hydrogen) atoms. The van der Waals surface area contributed by atoms with Gasteiger partial charge in [0.15, 0.2) is 0 Å². The third-order valence-electron chi connectivity index (χ3n) is 5.83. The Morgan fingerprint density at radius 3 is 2.13 bits per heavy atom. The Kier molecular flexibility index (Phi) is 8.24. The molecule has 1 heterocycles. The molecule has 0 N–H and O–H groups in total. The summed E-state index contributed by atoms with van der Waals surface area (Å²) in [5, 5.41) is 1.18. The van der Waals surface area contributed by atoms with Gasteiger partial charge >= 0.3 is 0 Å². The molecule has 0 aliphatic carbocycles. The average Bonchev–Trinajstić information content (AvgIpc) is 3.19. The Labute approximate surface area is 187 Å². The Bertz CT molecular complexity index is 905. The van der Waals surface area contributed by atoms with Crippen LogP contribution in [0.2, 0.25) is 0 Å². The van der Waals surface area contributed by atoms with Crippen molar-refractivity contribution < 1.29 is 0 Å². The third-order valence-corrected chi connectivity index (χ3v) is 6.89. The molecule has 3 aromatic rings. The van der Waals surface area contributed by atoms with Gasteiger partial charge in [0.05, 0.1) is 5.69 Å². The van der Waals surface area contributed by atoms with Crippen molar-refractivity contribution in [2.24, 2.45) is 0 Å². The molecule has 0 atom stereocenters. The van der Waals surface area contributed by atoms with Crippen molar-refractivity contribution in [1.82, 2.24) is 9.88 Å². The van der Waals surface area contributed by atoms with E-state index in [1.165, 1.54) is 45.0 Å². The summed E-state index contributed by atoms with van der Waals surface area (Å²) >= 11 is 1.89. The van der Waals surface area contributed by atoms with E-state index in [9.17, 15) is 0 Å². The first-order chi connectivity index (χ1) is 14.6. The van der Waals surface area contributed by atoms with Gasteiger partial charge in [-0.2, -0.15) is 0 Å². The minimum Gasteiger partial charge on any atom is -0.296 e. The van der Waals surface area contributed by atoms with Crippen LogP contribution in [0.4, 0.5) is 0 Å². The lowest BCUT2D eigenvalue weighted by atomic mass is 9.98. The first kappa shape index (κ1) is 22.7. The van der Waals surface area contributed by atoms with Crippen LogP contribution in [0.25, 0.3) is 21.8 Å². The van der Waals surface area contributed by atoms with Crippen LogP contribution in [0.5, 0.6) is 0 Å². The molecule has 0 saturated carbocycles. The molecule has 0 aliphatic rings. The van der Waals surface area contributed by atoms with Crippen LogP contribution in [0, 0.1) is 0 Å². The van der Waals surface area contributed by atoms with Crippen molar-refractivity contribution in [3.05, 3.63) is 64.5 Å². The second-order valence-corrected chi connectivity index (χ2v) is 9.32. The number of hydrogen-bond acceptors (Lipinski definition) is 3. The van der Waals surface area contributed by atoms with Crippen LogP contribution in [-0.2, 0) is 19.4 Å². The van der Waals surface area contributed by atoms with E-state index >= 15 is 0 Å². The van der Waals surface area contributed by atoms with Gasteiger partial charge in [-0.3, -0.25) is 4.90 Å². The molecule has 0 spiro atoms. The Morgan fingerprint density at radius 2 is 1.57 bits per heavy atom. The molecule has 0 bridgehead atoms. The van der Waals surface area contributed by atoms with Crippen LogP contribution in [-0.4, -0.2) is 22.5 Å². The van der Waals surface area contributed by atoms with E-state index in [0.717, 1.165) is 31.6 Å². The topological polar surface area (TPSA) is 16.1 Å². The summed E-state index contributed by atoms with van der Waals surface area (Å²) in [7, 11) is 0. The molecule has 3 rings (SSSR count). The maximum atomic E-state index is 5.25. The quantitative estimate of drug-likeness (QED) is 0.335. The number of thiazole rings is 1. The predicted molar refractivity (Wildman–Crippen MR) is 132 cm³/mol. The smallest absolute Gasteiger partial charge is 0.124 e. The van der Waals surface area contributed by atoms with Gasteiger partial charge in [-0.25, -0.2) is 4.98 Å². The Balaban J connectivity index is 2.10. The van der Waals surface area contributed by atoms with Gasteiger partial charge in [0.25, 0.3) is 0 Å². The third kappa shape index (κ3) is 5.19. The van der Waals surface area contributed by atoms with Gasteiger partial charge in [0.2, 0.25) is 0 Å². The maximum absolute atomic E-state index is 5.25. The zero-order chi connectivity index (χ0) is 21.5. The van der Waals surface area contributed by atoms with Crippen LogP contribution in [0.3, 0.4) is 0 Å². The molecule has 2 aromatic carbocycles. The minimum absolute atomic E-state index is 0.528. The van der Waals surface area contributed by atoms with Gasteiger partial charge < -0.3 is 0 Å². The molecule has 0 fully saturated rings. The SMILES string of the molecule is CCCCN(Cc1sc(-c2c(CC)cccc2CC)nc1-c1ccccc1)C(C)C. The van der Waals surface area contributed by atoms with Crippen LogP contribution < -0.4 is 0 Å². The number of aromatic nitrogens is 1. The molecule has 160 valence electrons. The van der Waals surface area contributed by atoms with E-state index in [4.69, 9.17) is 4.98 Å². The lowest BCUT2D eigenvalue weighted by molar-refractivity contribution is 0.211. The first-order valence-corrected chi connectivity index (χ1v) is 12.3. The highest BCUT2D eigenvalue weighted by Crippen LogP contribution is 2.38. The summed E-state index contributed by atoms with van der Waals surface area (Å²) in [6, 6.07) is 18.0. The van der Waals surface area contributed by atoms with Crippen LogP contribution in [0.1, 0.15) is 63.5 Å². The van der Waals surface area contributed by atoms with E-state index in [0.29, 0.717) is 6.04 Å². The van der Waals surface area contributed by atoms with Gasteiger partial charge in [0.1, 0.15) is 5.01 Å². The molecule has 2 nitrogen and oxygen atoms in total. The van der Waals surface area contributed by atoms with Crippen LogP contribution >= 0.6 is 11.3 Å². The fourth-order valence-electron chi connectivity index (χ4n) is 3.97. The monoisotopic (exact) mass is 420 g/mol. The molecular formula is C27H36N2S. The van der Waals surface area contributed by atoms with Gasteiger partial charge in [-0.15, -0.1) is 11.3 Å². The normalized spacial score (nSPS) is 11.6. The molecular weight excluding hydrogens is 384 g/mol. The standard InChI is InChI=1S/C27H36N2S/c1-6-9-18-29(20(4)5)19-24-26(23-14-11-10-12-15-23)28-27(30-24)25-21(7-2)16-13-17-22(25)8-3/h10-17,20H,6-9,18-19H2,1-5H3. The minimum atomic E-state index is 0.528. The number of benzene rings is 2. The molecule has 3 heteroatoms. The predicted octanol–water partition coefficient (Wildman–Crippen LogP) is 7.61. The Hall–Kier alpha value is -1.97. The van der Waals surface area contributed by atoms with E-state index < -0.39 is 0 Å². The molecule has 1 aromatic heterocycles. The summed E-state index contributed by atoms with van der Waals surface area (Å²) in [5.74, 6) is 0. The van der Waals surface area contributed by atoms with Crippen molar-refractivity contribution in [2.45, 2.75) is 72.9 Å². The zero-order valence-electron chi connectivity index (χ0n) is 19.2. The lowest BCUT2D eigenvalue weighted by Gasteiger charge is -2.26. The number of rotatable bonds is 10. The highest BCUT2D eigenvalue weighted by molar-refractivity contribution is 7.15. The Morgan fingerprint density at radius 1 is 0.900 bits per heavy atom. The van der Waals surface area contributed by atoms with E-state index in [-0.39, 0.29) is 0 Å². The summed E-state index contributed by atoms with van der Waals surface area (Å²) in [4.78, 5) is 9.23. The number of nitrogens with zero attached hydrogens (tertiary/aromatic N) is 2. The van der Waals surface area contributed by atoms with Gasteiger partial charge in [-0.05, 0) is 50.8 Å². The molecule has 0 radical (unpaired) electrons. The van der Waals surface area contributed by atoms with E-state index in [1.807, 2.05) is 11.3 Å². The number of aryl methyl sites for hydroxylation is 2. The van der Waals surface area contributed by atoms with Gasteiger partial charge in [-0.1, -0.05) is 75.7 Å². The summed E-state index contributed by atoms with van der Waals surface area (Å²) in [5.41, 5.74) is 6.55. The van der Waals surface area contributed by atoms with Crippen molar-refractivity contribution >= 4 is 11.3 Å². The van der Waals surface area contributed by atoms with Crippen molar-refractivity contribution in [1.29, 1.82) is 0 Å². The largest absolute Gasteiger partial charge is 0.296 e. The summed E-state index contributed by atoms with van der Waals surface area (Å²) in [6.07, 6.45) is 4.54. The highest BCUT2D eigenvalue weighted by Gasteiger charge is 2.20. The zero-order valence-corrected chi connectivity index (χ0v) is 20.1. The fourth-order valence-corrected chi connectivity index (χ4v) is 5.20. The lowest BCUT2D eigenvalue weighted by Crippen LogP contribution is -2.31. The maximum Gasteiger partial charge on any atom is 0.124 e. The molecule has 0 unspecified atom stereocenters. The highest BCUT2D eigenvalue weighted by atomic mass is 32.1. The van der Waals surface area contributed by atoms with Crippen molar-refractivity contribution in [3.8, 4) is 21.8 Å². The van der Waals surface area contributed by atoms with Gasteiger partial charge in [0, 0.05) is 28.6 Å². The van der Waals surface area contributed by atoms with Crippen molar-refractivity contribution in [3.63, 3.8) is 0 Å². The second kappa shape index (κ2) is 10.9. The molecule has 0 amide bonds. The number of hydrogen-bond donors (Lipinski definition) is 0. The number of unbranched alkanes of at least 4 members (excludes halogenated alkanes) is 1. The summed E-state index contributed by atoms with van der Waals surface area (Å²) in [6.45, 7) is 13.5. The second-order valence-electron chi connectivity index (χ2n) is 8.23. The molecule has 0 saturated heterocycles. The van der Waals surface area contributed by atoms with E-state index in [2.05, 4.69) is 88.0 Å². The van der Waals surface area contributed by atoms with Crippen LogP contribution in [0.15, 0.2) is 48.5 Å². The fraction of sp³-hybridized carbons (Fsp3) is 0.444. The average molecular weight is 421 g/mol. The molecule has 0 aliphatic heterocycles. The van der Waals surface area contributed by atoms with Crippen molar-refractivity contribution in [2.75, 3.05) is 6.54 Å². The summed E-state index contributed by atoms with van der Waals surface area (Å²) < 4.78 is 0. The first-order valence-electron chi connectivity index (χ1n) is 11.5. The van der Waals surface area contributed by atoms with E-state index in [1.54, 1.807) is 0 Å².